The van der Waals surface area contributed by atoms with Gasteiger partial charge in [-0.3, -0.25) is 4.79 Å². The molecule has 1 aromatic heterocycles. The van der Waals surface area contributed by atoms with Gasteiger partial charge in [-0.25, -0.2) is 0 Å². The van der Waals surface area contributed by atoms with Gasteiger partial charge in [0.1, 0.15) is 0 Å². The molecule has 126 valence electrons. The fourth-order valence-electron chi connectivity index (χ4n) is 2.55. The van der Waals surface area contributed by atoms with E-state index in [1.165, 1.54) is 0 Å². The third-order valence-electron chi connectivity index (χ3n) is 3.87. The molecule has 0 aliphatic carbocycles. The standard InChI is InChI=1S/C21H19NO3/c1-24-20-11-9-16(14-21(20)25-2)8-10-19(23)17-6-5-7-18(15-17)22-12-3-4-13-22/h3-15H,1-2H3/b10-8+. The van der Waals surface area contributed by atoms with Crippen LogP contribution in [0.1, 0.15) is 15.9 Å². The zero-order chi connectivity index (χ0) is 17.6. The minimum atomic E-state index is -0.0520. The van der Waals surface area contributed by atoms with Crippen molar-refractivity contribution in [3.8, 4) is 17.2 Å². The zero-order valence-electron chi connectivity index (χ0n) is 14.2. The molecular formula is C21H19NO3. The first-order chi connectivity index (χ1) is 12.2. The van der Waals surface area contributed by atoms with E-state index in [9.17, 15) is 4.79 Å². The lowest BCUT2D eigenvalue weighted by Gasteiger charge is -2.07. The smallest absolute Gasteiger partial charge is 0.185 e. The third kappa shape index (κ3) is 3.80. The molecule has 0 unspecified atom stereocenters. The van der Waals surface area contributed by atoms with Gasteiger partial charge in [0.2, 0.25) is 0 Å². The number of nitrogens with zero attached hydrogens (tertiary/aromatic N) is 1. The van der Waals surface area contributed by atoms with Gasteiger partial charge in [0, 0.05) is 23.6 Å². The summed E-state index contributed by atoms with van der Waals surface area (Å²) in [5.41, 5.74) is 2.46. The van der Waals surface area contributed by atoms with Gasteiger partial charge in [-0.05, 0) is 48.0 Å². The first kappa shape index (κ1) is 16.6. The Morgan fingerprint density at radius 2 is 1.68 bits per heavy atom. The number of hydrogen-bond donors (Lipinski definition) is 0. The predicted octanol–water partition coefficient (Wildman–Crippen LogP) is 4.39. The van der Waals surface area contributed by atoms with Crippen LogP contribution in [-0.2, 0) is 0 Å². The van der Waals surface area contributed by atoms with Crippen molar-refractivity contribution in [3.63, 3.8) is 0 Å². The highest BCUT2D eigenvalue weighted by atomic mass is 16.5. The van der Waals surface area contributed by atoms with Crippen LogP contribution in [0.3, 0.4) is 0 Å². The number of methoxy groups -OCH3 is 2. The summed E-state index contributed by atoms with van der Waals surface area (Å²) < 4.78 is 12.5. The number of hydrogen-bond acceptors (Lipinski definition) is 3. The fourth-order valence-corrected chi connectivity index (χ4v) is 2.55. The van der Waals surface area contributed by atoms with Crippen LogP contribution in [-0.4, -0.2) is 24.6 Å². The predicted molar refractivity (Wildman–Crippen MR) is 98.7 cm³/mol. The Bertz CT molecular complexity index is 895. The number of allylic oxidation sites excluding steroid dienone is 1. The lowest BCUT2D eigenvalue weighted by Crippen LogP contribution is -1.97. The molecule has 25 heavy (non-hydrogen) atoms. The molecule has 0 radical (unpaired) electrons. The van der Waals surface area contributed by atoms with E-state index in [-0.39, 0.29) is 5.78 Å². The van der Waals surface area contributed by atoms with Crippen LogP contribution in [0.4, 0.5) is 0 Å². The van der Waals surface area contributed by atoms with E-state index in [2.05, 4.69) is 0 Å². The van der Waals surface area contributed by atoms with Gasteiger partial charge in [-0.1, -0.05) is 24.3 Å². The Balaban J connectivity index is 1.80. The molecule has 0 saturated carbocycles. The van der Waals surface area contributed by atoms with Gasteiger partial charge in [0.15, 0.2) is 17.3 Å². The Labute approximate surface area is 146 Å². The summed E-state index contributed by atoms with van der Waals surface area (Å²) in [5.74, 6) is 1.24. The van der Waals surface area contributed by atoms with Crippen molar-refractivity contribution < 1.29 is 14.3 Å². The molecule has 4 heteroatoms. The number of aromatic nitrogens is 1. The molecule has 0 fully saturated rings. The van der Waals surface area contributed by atoms with E-state index in [0.717, 1.165) is 11.3 Å². The molecule has 0 aliphatic rings. The second-order valence-electron chi connectivity index (χ2n) is 5.45. The summed E-state index contributed by atoms with van der Waals surface area (Å²) in [4.78, 5) is 12.5. The van der Waals surface area contributed by atoms with Gasteiger partial charge in [0.05, 0.1) is 14.2 Å². The van der Waals surface area contributed by atoms with Gasteiger partial charge in [0.25, 0.3) is 0 Å². The Hall–Kier alpha value is -3.27. The van der Waals surface area contributed by atoms with Crippen molar-refractivity contribution in [2.45, 2.75) is 0 Å². The van der Waals surface area contributed by atoms with Crippen LogP contribution < -0.4 is 9.47 Å². The normalized spacial score (nSPS) is 10.8. The highest BCUT2D eigenvalue weighted by molar-refractivity contribution is 6.07. The SMILES string of the molecule is COc1ccc(/C=C/C(=O)c2cccc(-n3cccc3)c2)cc1OC. The van der Waals surface area contributed by atoms with Crippen LogP contribution in [0.15, 0.2) is 73.1 Å². The number of carbonyl (C=O) groups excluding carboxylic acids is 1. The number of ketones is 1. The molecule has 2 aromatic carbocycles. The van der Waals surface area contributed by atoms with Crippen LogP contribution >= 0.6 is 0 Å². The number of rotatable bonds is 6. The fraction of sp³-hybridized carbons (Fsp3) is 0.0952. The molecule has 1 heterocycles. The van der Waals surface area contributed by atoms with Crippen molar-refractivity contribution in [1.29, 1.82) is 0 Å². The minimum Gasteiger partial charge on any atom is -0.493 e. The monoisotopic (exact) mass is 333 g/mol. The summed E-state index contributed by atoms with van der Waals surface area (Å²) >= 11 is 0. The van der Waals surface area contributed by atoms with Crippen molar-refractivity contribution in [1.82, 2.24) is 4.57 Å². The highest BCUT2D eigenvalue weighted by Crippen LogP contribution is 2.28. The zero-order valence-corrected chi connectivity index (χ0v) is 14.2. The number of benzene rings is 2. The van der Waals surface area contributed by atoms with E-state index < -0.39 is 0 Å². The quantitative estimate of drug-likeness (QED) is 0.496. The number of carbonyl (C=O) groups is 1. The van der Waals surface area contributed by atoms with Gasteiger partial charge >= 0.3 is 0 Å². The molecule has 0 bridgehead atoms. The van der Waals surface area contributed by atoms with Crippen molar-refractivity contribution in [2.24, 2.45) is 0 Å². The molecule has 0 N–H and O–H groups in total. The van der Waals surface area contributed by atoms with Crippen molar-refractivity contribution in [3.05, 3.63) is 84.2 Å². The maximum absolute atomic E-state index is 12.5. The first-order valence-electron chi connectivity index (χ1n) is 7.89. The lowest BCUT2D eigenvalue weighted by molar-refractivity contribution is 0.104. The topological polar surface area (TPSA) is 40.5 Å². The molecule has 3 rings (SSSR count). The lowest BCUT2D eigenvalue weighted by atomic mass is 10.1. The first-order valence-corrected chi connectivity index (χ1v) is 7.89. The van der Waals surface area contributed by atoms with Crippen molar-refractivity contribution >= 4 is 11.9 Å². The summed E-state index contributed by atoms with van der Waals surface area (Å²) in [5, 5.41) is 0. The Morgan fingerprint density at radius 3 is 2.40 bits per heavy atom. The number of ether oxygens (including phenoxy) is 2. The molecule has 4 nitrogen and oxygen atoms in total. The molecular weight excluding hydrogens is 314 g/mol. The van der Waals surface area contributed by atoms with E-state index in [4.69, 9.17) is 9.47 Å². The van der Waals surface area contributed by atoms with Gasteiger partial charge < -0.3 is 14.0 Å². The van der Waals surface area contributed by atoms with E-state index in [1.807, 2.05) is 71.6 Å². The molecule has 3 aromatic rings. The average molecular weight is 333 g/mol. The minimum absolute atomic E-state index is 0.0520. The third-order valence-corrected chi connectivity index (χ3v) is 3.87. The molecule has 0 atom stereocenters. The summed E-state index contributed by atoms with van der Waals surface area (Å²) in [7, 11) is 3.18. The van der Waals surface area contributed by atoms with E-state index in [1.54, 1.807) is 26.4 Å². The average Bonchev–Trinajstić information content (AvgIpc) is 3.20. The molecule has 0 amide bonds. The van der Waals surface area contributed by atoms with Gasteiger partial charge in [-0.2, -0.15) is 0 Å². The maximum Gasteiger partial charge on any atom is 0.185 e. The van der Waals surface area contributed by atoms with E-state index >= 15 is 0 Å². The molecule has 0 spiro atoms. The summed E-state index contributed by atoms with van der Waals surface area (Å²) in [6, 6.07) is 17.0. The van der Waals surface area contributed by atoms with E-state index in [0.29, 0.717) is 17.1 Å². The second kappa shape index (κ2) is 7.53. The van der Waals surface area contributed by atoms with Crippen LogP contribution in [0.5, 0.6) is 11.5 Å². The van der Waals surface area contributed by atoms with Crippen LogP contribution in [0.2, 0.25) is 0 Å². The molecule has 0 aliphatic heterocycles. The van der Waals surface area contributed by atoms with Gasteiger partial charge in [-0.15, -0.1) is 0 Å². The second-order valence-corrected chi connectivity index (χ2v) is 5.45. The Morgan fingerprint density at radius 1 is 0.920 bits per heavy atom. The summed E-state index contributed by atoms with van der Waals surface area (Å²) in [6.45, 7) is 0. The summed E-state index contributed by atoms with van der Waals surface area (Å²) in [6.07, 6.45) is 7.23. The largest absolute Gasteiger partial charge is 0.493 e. The highest BCUT2D eigenvalue weighted by Gasteiger charge is 2.05. The maximum atomic E-state index is 12.5. The van der Waals surface area contributed by atoms with Crippen LogP contribution in [0, 0.1) is 0 Å². The van der Waals surface area contributed by atoms with Crippen LogP contribution in [0.25, 0.3) is 11.8 Å². The molecule has 0 saturated heterocycles. The Kier molecular flexibility index (Phi) is 5.00. The van der Waals surface area contributed by atoms with Crippen molar-refractivity contribution in [2.75, 3.05) is 14.2 Å².